The molecule has 0 aliphatic carbocycles. The van der Waals surface area contributed by atoms with E-state index in [1.165, 1.54) is 0 Å². The van der Waals surface area contributed by atoms with Gasteiger partial charge in [0, 0.05) is 18.0 Å². The first-order chi connectivity index (χ1) is 9.20. The highest BCUT2D eigenvalue weighted by atomic mass is 16.5. The van der Waals surface area contributed by atoms with Crippen LogP contribution in [-0.2, 0) is 0 Å². The van der Waals surface area contributed by atoms with E-state index in [0.29, 0.717) is 23.6 Å². The van der Waals surface area contributed by atoms with E-state index in [0.717, 1.165) is 0 Å². The number of nitrogens with one attached hydrogen (secondary N) is 1. The van der Waals surface area contributed by atoms with Gasteiger partial charge in [0.15, 0.2) is 0 Å². The molecule has 0 aliphatic rings. The summed E-state index contributed by atoms with van der Waals surface area (Å²) in [7, 11) is 0. The third-order valence-corrected chi connectivity index (χ3v) is 2.36. The van der Waals surface area contributed by atoms with Gasteiger partial charge in [-0.25, -0.2) is 9.97 Å². The van der Waals surface area contributed by atoms with Crippen LogP contribution in [0, 0.1) is 0 Å². The summed E-state index contributed by atoms with van der Waals surface area (Å²) >= 11 is 0. The highest BCUT2D eigenvalue weighted by molar-refractivity contribution is 6.04. The lowest BCUT2D eigenvalue weighted by Crippen LogP contribution is -2.14. The van der Waals surface area contributed by atoms with Gasteiger partial charge in [-0.05, 0) is 31.2 Å². The van der Waals surface area contributed by atoms with Crippen LogP contribution in [0.3, 0.4) is 0 Å². The van der Waals surface area contributed by atoms with E-state index in [1.807, 2.05) is 6.92 Å². The molecule has 0 bridgehead atoms. The Hall–Kier alpha value is -2.63. The monoisotopic (exact) mass is 258 g/mol. The van der Waals surface area contributed by atoms with Crippen molar-refractivity contribution in [2.75, 3.05) is 17.7 Å². The van der Waals surface area contributed by atoms with Crippen LogP contribution in [0.4, 0.5) is 11.6 Å². The molecule has 6 heteroatoms. The normalized spacial score (nSPS) is 9.95. The van der Waals surface area contributed by atoms with Crippen molar-refractivity contribution >= 4 is 17.5 Å². The van der Waals surface area contributed by atoms with Crippen molar-refractivity contribution in [2.24, 2.45) is 0 Å². The molecule has 0 radical (unpaired) electrons. The summed E-state index contributed by atoms with van der Waals surface area (Å²) in [5, 5.41) is 2.58. The van der Waals surface area contributed by atoms with Crippen LogP contribution in [0.5, 0.6) is 5.75 Å². The number of benzene rings is 1. The van der Waals surface area contributed by atoms with Crippen molar-refractivity contribution < 1.29 is 9.53 Å². The SMILES string of the molecule is CCOc1ccc(C(=O)Nc2ncccn2)cc1N. The second-order valence-electron chi connectivity index (χ2n) is 3.71. The zero-order valence-corrected chi connectivity index (χ0v) is 10.5. The Morgan fingerprint density at radius 1 is 1.37 bits per heavy atom. The van der Waals surface area contributed by atoms with E-state index in [9.17, 15) is 4.79 Å². The molecule has 0 saturated heterocycles. The van der Waals surface area contributed by atoms with Crippen molar-refractivity contribution in [3.05, 3.63) is 42.2 Å². The van der Waals surface area contributed by atoms with E-state index in [1.54, 1.807) is 36.7 Å². The predicted octanol–water partition coefficient (Wildman–Crippen LogP) is 1.71. The highest BCUT2D eigenvalue weighted by Gasteiger charge is 2.10. The third-order valence-electron chi connectivity index (χ3n) is 2.36. The van der Waals surface area contributed by atoms with Gasteiger partial charge in [-0.15, -0.1) is 0 Å². The molecule has 98 valence electrons. The van der Waals surface area contributed by atoms with Gasteiger partial charge in [-0.2, -0.15) is 0 Å². The number of carbonyl (C=O) groups excluding carboxylic acids is 1. The number of amides is 1. The Labute approximate surface area is 110 Å². The molecule has 1 heterocycles. The quantitative estimate of drug-likeness (QED) is 0.815. The largest absolute Gasteiger partial charge is 0.492 e. The zero-order valence-electron chi connectivity index (χ0n) is 10.5. The fourth-order valence-corrected chi connectivity index (χ4v) is 1.51. The van der Waals surface area contributed by atoms with Crippen LogP contribution in [0.25, 0.3) is 0 Å². The Kier molecular flexibility index (Phi) is 3.92. The van der Waals surface area contributed by atoms with E-state index in [-0.39, 0.29) is 11.9 Å². The molecular formula is C13H14N4O2. The fraction of sp³-hybridized carbons (Fsp3) is 0.154. The lowest BCUT2D eigenvalue weighted by Gasteiger charge is -2.08. The number of hydrogen-bond acceptors (Lipinski definition) is 5. The number of rotatable bonds is 4. The van der Waals surface area contributed by atoms with Crippen molar-refractivity contribution in [3.63, 3.8) is 0 Å². The van der Waals surface area contributed by atoms with Crippen LogP contribution in [-0.4, -0.2) is 22.5 Å². The number of nitrogen functional groups attached to an aromatic ring is 1. The molecule has 2 rings (SSSR count). The molecule has 0 aliphatic heterocycles. The number of ether oxygens (including phenoxy) is 1. The summed E-state index contributed by atoms with van der Waals surface area (Å²) in [6.45, 7) is 2.39. The molecule has 1 aromatic heterocycles. The van der Waals surface area contributed by atoms with Crippen LogP contribution >= 0.6 is 0 Å². The number of aromatic nitrogens is 2. The Morgan fingerprint density at radius 3 is 2.74 bits per heavy atom. The van der Waals surface area contributed by atoms with Crippen molar-refractivity contribution in [1.82, 2.24) is 9.97 Å². The van der Waals surface area contributed by atoms with Crippen molar-refractivity contribution in [1.29, 1.82) is 0 Å². The van der Waals surface area contributed by atoms with Crippen LogP contribution in [0.15, 0.2) is 36.7 Å². The highest BCUT2D eigenvalue weighted by Crippen LogP contribution is 2.22. The summed E-state index contributed by atoms with van der Waals surface area (Å²) < 4.78 is 5.31. The first kappa shape index (κ1) is 12.8. The average Bonchev–Trinajstić information content (AvgIpc) is 2.42. The second kappa shape index (κ2) is 5.81. The molecule has 3 N–H and O–H groups in total. The smallest absolute Gasteiger partial charge is 0.258 e. The van der Waals surface area contributed by atoms with Gasteiger partial charge in [0.2, 0.25) is 5.95 Å². The number of hydrogen-bond donors (Lipinski definition) is 2. The van der Waals surface area contributed by atoms with Gasteiger partial charge in [0.25, 0.3) is 5.91 Å². The second-order valence-corrected chi connectivity index (χ2v) is 3.71. The van der Waals surface area contributed by atoms with Gasteiger partial charge in [-0.3, -0.25) is 10.1 Å². The minimum absolute atomic E-state index is 0.250. The molecular weight excluding hydrogens is 244 g/mol. The maximum absolute atomic E-state index is 11.9. The molecule has 0 saturated carbocycles. The summed E-state index contributed by atoms with van der Waals surface area (Å²) in [5.74, 6) is 0.496. The summed E-state index contributed by atoms with van der Waals surface area (Å²) in [5.41, 5.74) is 6.65. The number of nitrogens with zero attached hydrogens (tertiary/aromatic N) is 2. The maximum atomic E-state index is 11.9. The van der Waals surface area contributed by atoms with Gasteiger partial charge >= 0.3 is 0 Å². The molecule has 6 nitrogen and oxygen atoms in total. The fourth-order valence-electron chi connectivity index (χ4n) is 1.51. The molecule has 1 aromatic carbocycles. The standard InChI is InChI=1S/C13H14N4O2/c1-2-19-11-5-4-9(8-10(11)14)12(18)17-13-15-6-3-7-16-13/h3-8H,2,14H2,1H3,(H,15,16,17,18). The summed E-state index contributed by atoms with van der Waals surface area (Å²) in [4.78, 5) is 19.8. The Bertz CT molecular complexity index is 572. The molecule has 0 atom stereocenters. The number of anilines is 2. The first-order valence-electron chi connectivity index (χ1n) is 5.81. The topological polar surface area (TPSA) is 90.1 Å². The predicted molar refractivity (Wildman–Crippen MR) is 72.0 cm³/mol. The molecule has 2 aromatic rings. The first-order valence-corrected chi connectivity index (χ1v) is 5.81. The van der Waals surface area contributed by atoms with Gasteiger partial charge in [0.1, 0.15) is 5.75 Å². The van der Waals surface area contributed by atoms with E-state index in [2.05, 4.69) is 15.3 Å². The van der Waals surface area contributed by atoms with Gasteiger partial charge in [-0.1, -0.05) is 0 Å². The average molecular weight is 258 g/mol. The van der Waals surface area contributed by atoms with Crippen LogP contribution < -0.4 is 15.8 Å². The molecule has 1 amide bonds. The van der Waals surface area contributed by atoms with Gasteiger partial charge < -0.3 is 10.5 Å². The Balaban J connectivity index is 2.14. The lowest BCUT2D eigenvalue weighted by molar-refractivity contribution is 0.102. The minimum Gasteiger partial charge on any atom is -0.492 e. The molecule has 0 unspecified atom stereocenters. The van der Waals surface area contributed by atoms with E-state index >= 15 is 0 Å². The molecule has 0 fully saturated rings. The van der Waals surface area contributed by atoms with Crippen LogP contribution in [0.1, 0.15) is 17.3 Å². The van der Waals surface area contributed by atoms with Gasteiger partial charge in [0.05, 0.1) is 12.3 Å². The minimum atomic E-state index is -0.319. The van der Waals surface area contributed by atoms with Crippen LogP contribution in [0.2, 0.25) is 0 Å². The van der Waals surface area contributed by atoms with E-state index in [4.69, 9.17) is 10.5 Å². The lowest BCUT2D eigenvalue weighted by atomic mass is 10.2. The Morgan fingerprint density at radius 2 is 2.11 bits per heavy atom. The number of nitrogens with two attached hydrogens (primary N) is 1. The number of carbonyl (C=O) groups is 1. The molecule has 0 spiro atoms. The van der Waals surface area contributed by atoms with Crippen molar-refractivity contribution in [2.45, 2.75) is 6.92 Å². The third kappa shape index (κ3) is 3.19. The van der Waals surface area contributed by atoms with E-state index < -0.39 is 0 Å². The zero-order chi connectivity index (χ0) is 13.7. The van der Waals surface area contributed by atoms with Crippen molar-refractivity contribution in [3.8, 4) is 5.75 Å². The summed E-state index contributed by atoms with van der Waals surface area (Å²) in [6, 6.07) is 6.53. The molecule has 19 heavy (non-hydrogen) atoms. The maximum Gasteiger partial charge on any atom is 0.258 e. The summed E-state index contributed by atoms with van der Waals surface area (Å²) in [6.07, 6.45) is 3.10.